The van der Waals surface area contributed by atoms with Gasteiger partial charge in [-0.25, -0.2) is 9.78 Å². The van der Waals surface area contributed by atoms with Crippen LogP contribution in [0.3, 0.4) is 0 Å². The number of aromatic nitrogens is 3. The molecule has 3 heterocycles. The van der Waals surface area contributed by atoms with Crippen molar-refractivity contribution in [3.8, 4) is 0 Å². The maximum Gasteiger partial charge on any atom is 0.410 e. The van der Waals surface area contributed by atoms with Crippen molar-refractivity contribution in [1.82, 2.24) is 30.3 Å². The van der Waals surface area contributed by atoms with Gasteiger partial charge in [-0.1, -0.05) is 6.07 Å². The van der Waals surface area contributed by atoms with Gasteiger partial charge in [0.25, 0.3) is 5.91 Å². The maximum atomic E-state index is 13.3. The van der Waals surface area contributed by atoms with E-state index < -0.39 is 36.9 Å². The Kier molecular flexibility index (Phi) is 6.71. The largest absolute Gasteiger partial charge is 0.438 e. The van der Waals surface area contributed by atoms with Crippen LogP contribution in [0.2, 0.25) is 0 Å². The number of oxazole rings is 1. The van der Waals surface area contributed by atoms with Gasteiger partial charge in [0.15, 0.2) is 5.58 Å². The Morgan fingerprint density at radius 3 is 2.52 bits per heavy atom. The van der Waals surface area contributed by atoms with Gasteiger partial charge in [-0.3, -0.25) is 9.48 Å². The molecule has 3 aromatic rings. The summed E-state index contributed by atoms with van der Waals surface area (Å²) in [6, 6.07) is 2.82. The van der Waals surface area contributed by atoms with Crippen LogP contribution in [0.25, 0.3) is 11.1 Å². The van der Waals surface area contributed by atoms with E-state index in [2.05, 4.69) is 10.4 Å². The first-order chi connectivity index (χ1) is 19.1. The number of carbonyl (C=O) groups is 2. The highest BCUT2D eigenvalue weighted by Gasteiger charge is 2.49. The van der Waals surface area contributed by atoms with E-state index in [0.29, 0.717) is 40.1 Å². The molecule has 0 spiro atoms. The Morgan fingerprint density at radius 2 is 1.95 bits per heavy atom. The number of hydrogen-bond donors (Lipinski definition) is 2. The van der Waals surface area contributed by atoms with Crippen LogP contribution in [0.5, 0.6) is 0 Å². The van der Waals surface area contributed by atoms with E-state index in [-0.39, 0.29) is 18.4 Å². The van der Waals surface area contributed by atoms with E-state index in [0.717, 1.165) is 30.6 Å². The van der Waals surface area contributed by atoms with Crippen molar-refractivity contribution in [2.24, 2.45) is 24.8 Å². The van der Waals surface area contributed by atoms with Crippen LogP contribution < -0.4 is 10.6 Å². The summed E-state index contributed by atoms with van der Waals surface area (Å²) in [4.78, 5) is 31.6. The second-order valence-electron chi connectivity index (χ2n) is 11.0. The molecule has 3 fully saturated rings. The number of urea groups is 1. The number of nitrogens with zero attached hydrogens (tertiary/aromatic N) is 4. The molecular weight excluding hydrogens is 529 g/mol. The molecule has 214 valence electrons. The number of halogens is 3. The molecule has 6 rings (SSSR count). The summed E-state index contributed by atoms with van der Waals surface area (Å²) in [5.74, 6) is 1.29. The third-order valence-corrected chi connectivity index (χ3v) is 8.17. The Hall–Kier alpha value is -3.61. The molecule has 13 heteroatoms. The fourth-order valence-electron chi connectivity index (χ4n) is 5.86. The number of methoxy groups -OCH3 is 1. The zero-order valence-corrected chi connectivity index (χ0v) is 22.1. The van der Waals surface area contributed by atoms with E-state index in [4.69, 9.17) is 14.1 Å². The van der Waals surface area contributed by atoms with Crippen LogP contribution in [-0.4, -0.2) is 64.1 Å². The van der Waals surface area contributed by atoms with Gasteiger partial charge in [-0.2, -0.15) is 18.3 Å². The molecule has 1 saturated heterocycles. The second kappa shape index (κ2) is 10.1. The van der Waals surface area contributed by atoms with E-state index in [1.807, 2.05) is 5.32 Å². The summed E-state index contributed by atoms with van der Waals surface area (Å²) >= 11 is 0. The average Bonchev–Trinajstić information content (AvgIpc) is 3.80. The van der Waals surface area contributed by atoms with Gasteiger partial charge in [-0.05, 0) is 67.2 Å². The van der Waals surface area contributed by atoms with Gasteiger partial charge in [-0.15, -0.1) is 0 Å². The summed E-state index contributed by atoms with van der Waals surface area (Å²) in [7, 11) is 3.14. The van der Waals surface area contributed by atoms with Crippen LogP contribution in [0.15, 0.2) is 34.9 Å². The number of aryl methyl sites for hydroxylation is 1. The monoisotopic (exact) mass is 560 g/mol. The van der Waals surface area contributed by atoms with E-state index in [1.165, 1.54) is 11.8 Å². The highest BCUT2D eigenvalue weighted by atomic mass is 19.4. The molecule has 0 radical (unpaired) electrons. The SMILES string of the molecule is COCC(c1ccc2oc(C(NC(=O)c3ccnn3C)C(C3CC3)C3CC3)nc2c1)N1CC(C(F)(F)F)NC1=O. The number of amides is 3. The van der Waals surface area contributed by atoms with Crippen molar-refractivity contribution in [2.75, 3.05) is 20.3 Å². The Bertz CT molecular complexity index is 1400. The number of hydrogen-bond acceptors (Lipinski definition) is 6. The lowest BCUT2D eigenvalue weighted by atomic mass is 9.89. The normalized spacial score (nSPS) is 21.2. The smallest absolute Gasteiger partial charge is 0.410 e. The quantitative estimate of drug-likeness (QED) is 0.386. The Balaban J connectivity index is 1.32. The van der Waals surface area contributed by atoms with E-state index in [1.54, 1.807) is 37.5 Å². The number of fused-ring (bicyclic) bond motifs is 1. The van der Waals surface area contributed by atoms with Crippen molar-refractivity contribution in [2.45, 2.75) is 50.0 Å². The summed E-state index contributed by atoms with van der Waals surface area (Å²) in [6.45, 7) is -0.520. The zero-order chi connectivity index (χ0) is 28.2. The molecule has 2 N–H and O–H groups in total. The lowest BCUT2D eigenvalue weighted by Gasteiger charge is -2.27. The zero-order valence-electron chi connectivity index (χ0n) is 22.1. The number of alkyl halides is 3. The van der Waals surface area contributed by atoms with Crippen molar-refractivity contribution < 1.29 is 31.9 Å². The third kappa shape index (κ3) is 5.14. The van der Waals surface area contributed by atoms with Crippen molar-refractivity contribution in [3.05, 3.63) is 47.6 Å². The predicted octanol–water partition coefficient (Wildman–Crippen LogP) is 4.11. The first kappa shape index (κ1) is 26.6. The molecule has 2 saturated carbocycles. The molecule has 3 unspecified atom stereocenters. The van der Waals surface area contributed by atoms with Crippen LogP contribution in [0.4, 0.5) is 18.0 Å². The number of benzene rings is 1. The average molecular weight is 561 g/mol. The number of carbonyl (C=O) groups excluding carboxylic acids is 2. The van der Waals surface area contributed by atoms with Crippen molar-refractivity contribution in [1.29, 1.82) is 0 Å². The summed E-state index contributed by atoms with van der Waals surface area (Å²) in [6.07, 6.45) is 1.40. The second-order valence-corrected chi connectivity index (χ2v) is 11.0. The molecule has 40 heavy (non-hydrogen) atoms. The molecule has 3 aliphatic rings. The van der Waals surface area contributed by atoms with E-state index >= 15 is 0 Å². The number of rotatable bonds is 10. The van der Waals surface area contributed by atoms with Crippen LogP contribution in [0.1, 0.15) is 59.7 Å². The van der Waals surface area contributed by atoms with Gasteiger partial charge in [0, 0.05) is 20.4 Å². The third-order valence-electron chi connectivity index (χ3n) is 8.17. The maximum absolute atomic E-state index is 13.3. The lowest BCUT2D eigenvalue weighted by Crippen LogP contribution is -2.40. The lowest BCUT2D eigenvalue weighted by molar-refractivity contribution is -0.150. The number of ether oxygens (including phenoxy) is 1. The first-order valence-electron chi connectivity index (χ1n) is 13.5. The Morgan fingerprint density at radius 1 is 1.23 bits per heavy atom. The molecule has 1 aliphatic heterocycles. The number of nitrogens with one attached hydrogen (secondary N) is 2. The molecule has 3 atom stereocenters. The van der Waals surface area contributed by atoms with Gasteiger partial charge in [0.1, 0.15) is 23.3 Å². The highest BCUT2D eigenvalue weighted by molar-refractivity contribution is 5.92. The minimum Gasteiger partial charge on any atom is -0.438 e. The molecule has 10 nitrogen and oxygen atoms in total. The van der Waals surface area contributed by atoms with Crippen LogP contribution >= 0.6 is 0 Å². The standard InChI is InChI=1S/C27H31F3N6O4/c1-35-18(9-10-31-35)24(37)34-23(22(14-3-4-14)15-5-6-15)25-32-17-11-16(7-8-20(17)40-25)19(13-39-2)36-12-21(27(28,29)30)33-26(36)38/h7-11,14-15,19,21-23H,3-6,12-13H2,1-2H3,(H,33,38)(H,34,37). The van der Waals surface area contributed by atoms with Crippen molar-refractivity contribution in [3.63, 3.8) is 0 Å². The Labute approximate surface area is 228 Å². The van der Waals surface area contributed by atoms with E-state index in [9.17, 15) is 22.8 Å². The summed E-state index contributed by atoms with van der Waals surface area (Å²) < 4.78 is 52.9. The van der Waals surface area contributed by atoms with Gasteiger partial charge in [0.2, 0.25) is 5.89 Å². The topological polar surface area (TPSA) is 115 Å². The van der Waals surface area contributed by atoms with Gasteiger partial charge < -0.3 is 24.7 Å². The molecule has 0 bridgehead atoms. The molecular formula is C27H31F3N6O4. The predicted molar refractivity (Wildman–Crippen MR) is 136 cm³/mol. The minimum atomic E-state index is -4.55. The van der Waals surface area contributed by atoms with Gasteiger partial charge in [0.05, 0.1) is 19.2 Å². The van der Waals surface area contributed by atoms with Crippen LogP contribution in [-0.2, 0) is 11.8 Å². The van der Waals surface area contributed by atoms with Crippen LogP contribution in [0, 0.1) is 17.8 Å². The highest BCUT2D eigenvalue weighted by Crippen LogP contribution is 2.54. The molecule has 2 aliphatic carbocycles. The fourth-order valence-corrected chi connectivity index (χ4v) is 5.86. The summed E-state index contributed by atoms with van der Waals surface area (Å²) in [5, 5.41) is 9.28. The molecule has 3 amide bonds. The fraction of sp³-hybridized carbons (Fsp3) is 0.556. The molecule has 1 aromatic carbocycles. The first-order valence-corrected chi connectivity index (χ1v) is 13.5. The summed E-state index contributed by atoms with van der Waals surface area (Å²) in [5.41, 5.74) is 1.98. The van der Waals surface area contributed by atoms with Gasteiger partial charge >= 0.3 is 12.2 Å². The molecule has 2 aromatic heterocycles. The minimum absolute atomic E-state index is 0.00301. The van der Waals surface area contributed by atoms with Crippen molar-refractivity contribution >= 4 is 23.0 Å².